The Kier molecular flexibility index (Phi) is 2.74. The molecule has 0 saturated carbocycles. The summed E-state index contributed by atoms with van der Waals surface area (Å²) in [4.78, 5) is 0. The fourth-order valence-corrected chi connectivity index (χ4v) is 3.22. The van der Waals surface area contributed by atoms with E-state index in [1.54, 1.807) is 5.56 Å². The highest BCUT2D eigenvalue weighted by Crippen LogP contribution is 2.39. The molecule has 0 saturated heterocycles. The molecule has 18 heavy (non-hydrogen) atoms. The van der Waals surface area contributed by atoms with Crippen molar-refractivity contribution in [1.29, 1.82) is 0 Å². The van der Waals surface area contributed by atoms with Gasteiger partial charge in [0.15, 0.2) is 0 Å². The quantitative estimate of drug-likeness (QED) is 0.669. The van der Waals surface area contributed by atoms with Crippen LogP contribution in [0.3, 0.4) is 0 Å². The minimum Gasteiger partial charge on any atom is -0.0764 e. The lowest BCUT2D eigenvalue weighted by molar-refractivity contribution is 0.799. The van der Waals surface area contributed by atoms with Crippen LogP contribution < -0.4 is 0 Å². The zero-order valence-electron chi connectivity index (χ0n) is 11.5. The zero-order chi connectivity index (χ0) is 12.7. The Labute approximate surface area is 109 Å². The topological polar surface area (TPSA) is 0 Å². The second kappa shape index (κ2) is 4.28. The molecule has 0 radical (unpaired) electrons. The SMILES string of the molecule is CCc1ccc2c(C)ccc3c2c1C(CC)C=C3. The van der Waals surface area contributed by atoms with Gasteiger partial charge in [0.05, 0.1) is 0 Å². The zero-order valence-corrected chi connectivity index (χ0v) is 11.5. The number of hydrogen-bond donors (Lipinski definition) is 0. The Hall–Kier alpha value is -1.56. The lowest BCUT2D eigenvalue weighted by Gasteiger charge is -2.24. The fraction of sp³-hybridized carbons (Fsp3) is 0.333. The van der Waals surface area contributed by atoms with Crippen molar-refractivity contribution in [3.63, 3.8) is 0 Å². The van der Waals surface area contributed by atoms with Crippen LogP contribution in [0.25, 0.3) is 16.8 Å². The third-order valence-corrected chi connectivity index (χ3v) is 4.26. The van der Waals surface area contributed by atoms with E-state index in [0.717, 1.165) is 6.42 Å². The van der Waals surface area contributed by atoms with Crippen LogP contribution in [0.5, 0.6) is 0 Å². The lowest BCUT2D eigenvalue weighted by Crippen LogP contribution is -2.05. The molecule has 1 unspecified atom stereocenters. The van der Waals surface area contributed by atoms with Crippen molar-refractivity contribution >= 4 is 16.8 Å². The van der Waals surface area contributed by atoms with Crippen LogP contribution in [0, 0.1) is 6.92 Å². The van der Waals surface area contributed by atoms with E-state index < -0.39 is 0 Å². The monoisotopic (exact) mass is 236 g/mol. The molecule has 3 rings (SSSR count). The van der Waals surface area contributed by atoms with Gasteiger partial charge in [-0.25, -0.2) is 0 Å². The second-order valence-electron chi connectivity index (χ2n) is 5.26. The van der Waals surface area contributed by atoms with Crippen molar-refractivity contribution in [2.45, 2.75) is 39.5 Å². The number of benzene rings is 2. The Bertz CT molecular complexity index is 632. The van der Waals surface area contributed by atoms with Gasteiger partial charge in [-0.3, -0.25) is 0 Å². The molecular weight excluding hydrogens is 216 g/mol. The molecule has 0 heteroatoms. The maximum absolute atomic E-state index is 2.38. The summed E-state index contributed by atoms with van der Waals surface area (Å²) < 4.78 is 0. The van der Waals surface area contributed by atoms with E-state index in [1.165, 1.54) is 33.9 Å². The standard InChI is InChI=1S/C18H20/c1-4-13-8-9-15-7-6-12(3)16-11-10-14(5-2)17(13)18(15)16/h6-11,13H,4-5H2,1-3H3. The molecule has 0 N–H and O–H groups in total. The number of rotatable bonds is 2. The first kappa shape index (κ1) is 11.5. The third kappa shape index (κ3) is 1.52. The number of allylic oxidation sites excluding steroid dienone is 1. The summed E-state index contributed by atoms with van der Waals surface area (Å²) in [7, 11) is 0. The molecule has 2 aromatic rings. The fourth-order valence-electron chi connectivity index (χ4n) is 3.22. The Morgan fingerprint density at radius 2 is 1.89 bits per heavy atom. The molecule has 0 fully saturated rings. The summed E-state index contributed by atoms with van der Waals surface area (Å²) >= 11 is 0. The van der Waals surface area contributed by atoms with Crippen LogP contribution in [-0.4, -0.2) is 0 Å². The van der Waals surface area contributed by atoms with E-state index in [1.807, 2.05) is 0 Å². The molecule has 0 aromatic heterocycles. The van der Waals surface area contributed by atoms with E-state index in [4.69, 9.17) is 0 Å². The maximum Gasteiger partial charge on any atom is 0.00277 e. The highest BCUT2D eigenvalue weighted by molar-refractivity contribution is 5.98. The molecule has 92 valence electrons. The summed E-state index contributed by atoms with van der Waals surface area (Å²) in [6, 6.07) is 9.14. The Morgan fingerprint density at radius 1 is 1.06 bits per heavy atom. The van der Waals surface area contributed by atoms with Gasteiger partial charge in [-0.1, -0.05) is 50.3 Å². The van der Waals surface area contributed by atoms with Crippen molar-refractivity contribution in [2.24, 2.45) is 0 Å². The molecule has 0 bridgehead atoms. The molecule has 2 aromatic carbocycles. The van der Waals surface area contributed by atoms with Crippen molar-refractivity contribution in [3.8, 4) is 0 Å². The van der Waals surface area contributed by atoms with Gasteiger partial charge in [-0.15, -0.1) is 0 Å². The first-order chi connectivity index (χ1) is 8.76. The van der Waals surface area contributed by atoms with Crippen LogP contribution >= 0.6 is 0 Å². The summed E-state index contributed by atoms with van der Waals surface area (Å²) in [5.41, 5.74) is 5.89. The van der Waals surface area contributed by atoms with Crippen LogP contribution in [-0.2, 0) is 6.42 Å². The lowest BCUT2D eigenvalue weighted by atomic mass is 9.80. The second-order valence-corrected chi connectivity index (χ2v) is 5.26. The first-order valence-corrected chi connectivity index (χ1v) is 6.99. The summed E-state index contributed by atoms with van der Waals surface area (Å²) in [6.07, 6.45) is 7.01. The average Bonchev–Trinajstić information content (AvgIpc) is 2.42. The van der Waals surface area contributed by atoms with E-state index in [9.17, 15) is 0 Å². The van der Waals surface area contributed by atoms with Gasteiger partial charge in [-0.05, 0) is 52.8 Å². The first-order valence-electron chi connectivity index (χ1n) is 6.99. The largest absolute Gasteiger partial charge is 0.0764 e. The molecule has 0 amide bonds. The smallest absolute Gasteiger partial charge is 0.00277 e. The highest BCUT2D eigenvalue weighted by atomic mass is 14.2. The van der Waals surface area contributed by atoms with Crippen LogP contribution in [0.1, 0.15) is 48.4 Å². The predicted octanol–water partition coefficient (Wildman–Crippen LogP) is 5.23. The Morgan fingerprint density at radius 3 is 2.61 bits per heavy atom. The average molecular weight is 236 g/mol. The van der Waals surface area contributed by atoms with Gasteiger partial charge >= 0.3 is 0 Å². The summed E-state index contributed by atoms with van der Waals surface area (Å²) in [6.45, 7) is 6.76. The highest BCUT2D eigenvalue weighted by Gasteiger charge is 2.19. The van der Waals surface area contributed by atoms with Crippen LogP contribution in [0.15, 0.2) is 30.3 Å². The molecule has 0 nitrogen and oxygen atoms in total. The minimum atomic E-state index is 0.595. The predicted molar refractivity (Wildman–Crippen MR) is 80.1 cm³/mol. The van der Waals surface area contributed by atoms with Crippen LogP contribution in [0.4, 0.5) is 0 Å². The molecule has 1 aliphatic carbocycles. The molecule has 0 heterocycles. The normalized spacial score (nSPS) is 17.4. The number of hydrogen-bond acceptors (Lipinski definition) is 0. The van der Waals surface area contributed by atoms with Crippen molar-refractivity contribution in [1.82, 2.24) is 0 Å². The summed E-state index contributed by atoms with van der Waals surface area (Å²) in [5, 5.41) is 2.94. The summed E-state index contributed by atoms with van der Waals surface area (Å²) in [5.74, 6) is 0.595. The van der Waals surface area contributed by atoms with Crippen LogP contribution in [0.2, 0.25) is 0 Å². The van der Waals surface area contributed by atoms with Gasteiger partial charge in [0.25, 0.3) is 0 Å². The van der Waals surface area contributed by atoms with Gasteiger partial charge in [0.1, 0.15) is 0 Å². The molecule has 0 spiro atoms. The van der Waals surface area contributed by atoms with E-state index in [0.29, 0.717) is 5.92 Å². The van der Waals surface area contributed by atoms with E-state index in [-0.39, 0.29) is 0 Å². The maximum atomic E-state index is 2.38. The van der Waals surface area contributed by atoms with Gasteiger partial charge in [0.2, 0.25) is 0 Å². The minimum absolute atomic E-state index is 0.595. The van der Waals surface area contributed by atoms with E-state index >= 15 is 0 Å². The van der Waals surface area contributed by atoms with Gasteiger partial charge < -0.3 is 0 Å². The molecule has 1 atom stereocenters. The number of aryl methyl sites for hydroxylation is 2. The molecular formula is C18H20. The van der Waals surface area contributed by atoms with Crippen molar-refractivity contribution < 1.29 is 0 Å². The van der Waals surface area contributed by atoms with Crippen molar-refractivity contribution in [3.05, 3.63) is 52.6 Å². The molecule has 1 aliphatic rings. The molecule has 0 aliphatic heterocycles. The Balaban J connectivity index is 2.45. The third-order valence-electron chi connectivity index (χ3n) is 4.26. The van der Waals surface area contributed by atoms with Gasteiger partial charge in [-0.2, -0.15) is 0 Å². The van der Waals surface area contributed by atoms with Gasteiger partial charge in [0, 0.05) is 5.92 Å². The van der Waals surface area contributed by atoms with Crippen molar-refractivity contribution in [2.75, 3.05) is 0 Å². The van der Waals surface area contributed by atoms with E-state index in [2.05, 4.69) is 57.2 Å².